The van der Waals surface area contributed by atoms with Crippen LogP contribution in [-0.4, -0.2) is 165 Å². The highest BCUT2D eigenvalue weighted by Gasteiger charge is 2.57. The second kappa shape index (κ2) is 29.2. The summed E-state index contributed by atoms with van der Waals surface area (Å²) in [5.41, 5.74) is 3.27. The van der Waals surface area contributed by atoms with Crippen LogP contribution in [0.5, 0.6) is 0 Å². The largest absolute Gasteiger partial charge is 0.445 e. The SMILES string of the molecule is C[C@H]1[C@@H](O[C@H]2[C@@H](OC/C=C/c3ccccc3)[C@H](O[C@@H]3[C@@H](O)[C@H](C)C[C@H](NC(=O)OCc4ccccc4)[C@H]3O[C@H]3O[C@@H]4COC(c5ccccc5)O[C@H]4[C@H](O)[C@H]3C)O[C@@H]2CO[Si](C)(C)C(C)(C)C)O[C@@H](CNC(=O)OCc2ccccc2)[C@@H](O)[C@@H]1O. The van der Waals surface area contributed by atoms with Gasteiger partial charge in [-0.2, -0.15) is 0 Å². The van der Waals surface area contributed by atoms with Gasteiger partial charge in [0, 0.05) is 23.9 Å². The molecule has 6 N–H and O–H groups in total. The molecule has 5 aliphatic rings. The van der Waals surface area contributed by atoms with E-state index < -0.39 is 143 Å². The maximum absolute atomic E-state index is 13.9. The minimum Gasteiger partial charge on any atom is -0.445 e. The second-order valence-corrected chi connectivity index (χ2v) is 29.2. The normalized spacial score (nSPS) is 34.3. The van der Waals surface area contributed by atoms with Gasteiger partial charge in [-0.05, 0) is 47.2 Å². The number of hydrogen-bond donors (Lipinski definition) is 6. The first kappa shape index (κ1) is 64.3. The molecule has 20 atom stereocenters. The Morgan fingerprint density at radius 3 is 1.85 bits per heavy atom. The van der Waals surface area contributed by atoms with Crippen molar-refractivity contribution in [2.75, 3.05) is 26.4 Å². The zero-order valence-electron chi connectivity index (χ0n) is 49.7. The fourth-order valence-corrected chi connectivity index (χ4v) is 12.0. The number of hydrogen-bond acceptors (Lipinski definition) is 18. The molecule has 0 spiro atoms. The lowest BCUT2D eigenvalue weighted by molar-refractivity contribution is -0.366. The lowest BCUT2D eigenvalue weighted by Gasteiger charge is -2.50. The van der Waals surface area contributed by atoms with Gasteiger partial charge in [-0.1, -0.05) is 175 Å². The highest BCUT2D eigenvalue weighted by atomic mass is 28.4. The van der Waals surface area contributed by atoms with Crippen LogP contribution < -0.4 is 10.6 Å². The van der Waals surface area contributed by atoms with Gasteiger partial charge < -0.3 is 87.6 Å². The smallest absolute Gasteiger partial charge is 0.407 e. The summed E-state index contributed by atoms with van der Waals surface area (Å²) in [6.07, 6.45) is -15.4. The average Bonchev–Trinajstić information content (AvgIpc) is 3.00. The highest BCUT2D eigenvalue weighted by molar-refractivity contribution is 6.74. The number of fused-ring (bicyclic) bond motifs is 1. The molecule has 4 aliphatic heterocycles. The van der Waals surface area contributed by atoms with Crippen molar-refractivity contribution in [2.45, 2.75) is 184 Å². The Hall–Kier alpha value is -5.18. The molecule has 0 radical (unpaired) electrons. The van der Waals surface area contributed by atoms with Crippen LogP contribution in [0.15, 0.2) is 127 Å². The molecule has 4 aromatic carbocycles. The fraction of sp³-hybridized carbons (Fsp3) is 0.562. The van der Waals surface area contributed by atoms with E-state index in [2.05, 4.69) is 44.5 Å². The number of alkyl carbamates (subject to hydrolysis) is 2. The van der Waals surface area contributed by atoms with Crippen molar-refractivity contribution in [1.82, 2.24) is 10.6 Å². The number of benzene rings is 4. The molecule has 1 saturated carbocycles. The van der Waals surface area contributed by atoms with Crippen molar-refractivity contribution in [2.24, 2.45) is 17.8 Å². The second-order valence-electron chi connectivity index (χ2n) is 24.4. The predicted molar refractivity (Wildman–Crippen MR) is 313 cm³/mol. The monoisotopic (exact) mass is 1200 g/mol. The van der Waals surface area contributed by atoms with E-state index in [1.807, 2.05) is 140 Å². The van der Waals surface area contributed by atoms with Crippen molar-refractivity contribution in [1.29, 1.82) is 0 Å². The van der Waals surface area contributed by atoms with Crippen LogP contribution in [-0.2, 0) is 69.7 Å². The molecule has 4 saturated heterocycles. The van der Waals surface area contributed by atoms with E-state index in [9.17, 15) is 30.0 Å². The molecule has 0 aromatic heterocycles. The molecule has 21 heteroatoms. The molecule has 0 bridgehead atoms. The predicted octanol–water partition coefficient (Wildman–Crippen LogP) is 7.53. The summed E-state index contributed by atoms with van der Waals surface area (Å²) in [5.74, 6) is -2.06. The summed E-state index contributed by atoms with van der Waals surface area (Å²) in [6.45, 7) is 15.7. The Morgan fingerprint density at radius 2 is 1.20 bits per heavy atom. The van der Waals surface area contributed by atoms with Gasteiger partial charge in [0.05, 0.1) is 44.2 Å². The number of carbonyl (C=O) groups is 2. The van der Waals surface area contributed by atoms with Crippen LogP contribution >= 0.6 is 0 Å². The fourth-order valence-electron chi connectivity index (χ4n) is 11.0. The molecule has 5 fully saturated rings. The summed E-state index contributed by atoms with van der Waals surface area (Å²) in [4.78, 5) is 26.9. The number of amides is 2. The quantitative estimate of drug-likeness (QED) is 0.0441. The van der Waals surface area contributed by atoms with E-state index in [0.29, 0.717) is 0 Å². The molecule has 4 heterocycles. The van der Waals surface area contributed by atoms with Crippen LogP contribution in [0.4, 0.5) is 9.59 Å². The minimum atomic E-state index is -2.51. The molecule has 85 heavy (non-hydrogen) atoms. The summed E-state index contributed by atoms with van der Waals surface area (Å²) in [5, 5.41) is 53.0. The van der Waals surface area contributed by atoms with Gasteiger partial charge in [0.15, 0.2) is 33.5 Å². The van der Waals surface area contributed by atoms with E-state index in [0.717, 1.165) is 22.3 Å². The van der Waals surface area contributed by atoms with E-state index >= 15 is 0 Å². The van der Waals surface area contributed by atoms with Gasteiger partial charge in [0.25, 0.3) is 0 Å². The van der Waals surface area contributed by atoms with Crippen molar-refractivity contribution < 1.29 is 86.5 Å². The number of carbonyl (C=O) groups excluding carboxylic acids is 2. The maximum Gasteiger partial charge on any atom is 0.407 e. The van der Waals surface area contributed by atoms with Crippen LogP contribution in [0.25, 0.3) is 6.08 Å². The van der Waals surface area contributed by atoms with Gasteiger partial charge in [-0.3, -0.25) is 0 Å². The molecular weight excluding hydrogens is 1110 g/mol. The first-order valence-electron chi connectivity index (χ1n) is 29.6. The Kier molecular flexibility index (Phi) is 22.1. The van der Waals surface area contributed by atoms with Crippen molar-refractivity contribution >= 4 is 26.6 Å². The van der Waals surface area contributed by atoms with Gasteiger partial charge >= 0.3 is 12.2 Å². The number of aliphatic hydroxyl groups is 4. The third kappa shape index (κ3) is 16.3. The molecule has 1 unspecified atom stereocenters. The molecule has 20 nitrogen and oxygen atoms in total. The van der Waals surface area contributed by atoms with Gasteiger partial charge in [-0.15, -0.1) is 0 Å². The Balaban J connectivity index is 1.02. The number of nitrogens with one attached hydrogen (secondary N) is 2. The molecule has 4 aromatic rings. The average molecular weight is 1200 g/mol. The van der Waals surface area contributed by atoms with Crippen LogP contribution in [0.2, 0.25) is 18.1 Å². The van der Waals surface area contributed by atoms with Crippen molar-refractivity contribution in [3.63, 3.8) is 0 Å². The molecule has 1 aliphatic carbocycles. The van der Waals surface area contributed by atoms with E-state index in [1.54, 1.807) is 13.8 Å². The zero-order valence-corrected chi connectivity index (χ0v) is 50.7. The summed E-state index contributed by atoms with van der Waals surface area (Å²) in [6, 6.07) is 36.7. The summed E-state index contributed by atoms with van der Waals surface area (Å²) in [7, 11) is -2.51. The van der Waals surface area contributed by atoms with Crippen LogP contribution in [0, 0.1) is 17.8 Å². The molecule has 9 rings (SSSR count). The van der Waals surface area contributed by atoms with Gasteiger partial charge in [0.2, 0.25) is 0 Å². The number of ether oxygens (including phenoxy) is 11. The summed E-state index contributed by atoms with van der Waals surface area (Å²) < 4.78 is 78.5. The number of rotatable bonds is 21. The summed E-state index contributed by atoms with van der Waals surface area (Å²) >= 11 is 0. The van der Waals surface area contributed by atoms with Crippen molar-refractivity contribution in [3.8, 4) is 0 Å². The molecule has 464 valence electrons. The lowest BCUT2D eigenvalue weighted by atomic mass is 9.80. The zero-order chi connectivity index (χ0) is 60.4. The Labute approximate surface area is 499 Å². The van der Waals surface area contributed by atoms with Gasteiger partial charge in [0.1, 0.15) is 68.1 Å². The standard InChI is InChI=1S/C64H86N2O18Si/c1-38-32-45(66-63(72)76-35-43-26-17-11-18-27-43)53(81-59-40(3)51(69)54-47(79-59)36-74-60(82-54)44-29-19-12-20-30-44)56(49(38)67)84-61-57(73-31-21-28-41-22-13-9-14-23-41)55(48(80-61)37-77-85(7,8)64(4,5)6)83-58-39(2)50(68)52(70)46(78-58)33-65-62(71)75-34-42-24-15-10-16-25-42/h9-30,38-40,45-61,67-70H,31-37H2,1-8H3,(H,65,71)(H,66,72)/b28-21+/t38-,39-,40-,45+,46+,47-,48-,49+,50-,51-,52-,53-,54-,55-,56-,57-,58-,59-,60?,61+/m1/s1. The first-order chi connectivity index (χ1) is 40.7. The minimum absolute atomic E-state index is 0.00458. The van der Waals surface area contributed by atoms with Crippen molar-refractivity contribution in [3.05, 3.63) is 150 Å². The van der Waals surface area contributed by atoms with Crippen LogP contribution in [0.1, 0.15) is 76.5 Å². The third-order valence-electron chi connectivity index (χ3n) is 17.2. The Morgan fingerprint density at radius 1 is 0.635 bits per heavy atom. The molecule has 2 amide bonds. The third-order valence-corrected chi connectivity index (χ3v) is 21.7. The lowest BCUT2D eigenvalue weighted by Crippen LogP contribution is -2.65. The van der Waals surface area contributed by atoms with E-state index in [4.69, 9.17) is 56.5 Å². The highest BCUT2D eigenvalue weighted by Crippen LogP contribution is 2.43. The number of aliphatic hydroxyl groups excluding tert-OH is 4. The molecular formula is C64H86N2O18Si. The van der Waals surface area contributed by atoms with E-state index in [1.165, 1.54) is 0 Å². The first-order valence-corrected chi connectivity index (χ1v) is 32.5. The van der Waals surface area contributed by atoms with Gasteiger partial charge in [-0.25, -0.2) is 9.59 Å². The Bertz CT molecular complexity index is 2730. The van der Waals surface area contributed by atoms with E-state index in [-0.39, 0.29) is 51.0 Å². The van der Waals surface area contributed by atoms with Crippen LogP contribution in [0.3, 0.4) is 0 Å². The topological polar surface area (TPSA) is 250 Å². The maximum atomic E-state index is 13.9.